The van der Waals surface area contributed by atoms with Crippen molar-refractivity contribution in [2.45, 2.75) is 18.2 Å². The summed E-state index contributed by atoms with van der Waals surface area (Å²) in [6.07, 6.45) is 2.28. The van der Waals surface area contributed by atoms with Gasteiger partial charge in [-0.15, -0.1) is 0 Å². The standard InChI is InChI=1S/C16H17NO3S/c1-2-21(19,20)14-8-9-16(18)15(12-14)17-11-10-13-6-4-3-5-7-13/h3-9,11-12,18H,2,10H2,1H3. The Morgan fingerprint density at radius 1 is 1.14 bits per heavy atom. The second kappa shape index (κ2) is 6.54. The summed E-state index contributed by atoms with van der Waals surface area (Å²) in [4.78, 5) is 4.35. The monoisotopic (exact) mass is 303 g/mol. The van der Waals surface area contributed by atoms with Crippen molar-refractivity contribution in [3.05, 3.63) is 54.1 Å². The van der Waals surface area contributed by atoms with Gasteiger partial charge in [0.05, 0.1) is 10.6 Å². The Balaban J connectivity index is 2.22. The maximum Gasteiger partial charge on any atom is 0.178 e. The molecule has 4 nitrogen and oxygen atoms in total. The van der Waals surface area contributed by atoms with Gasteiger partial charge in [0.25, 0.3) is 0 Å². The van der Waals surface area contributed by atoms with E-state index in [1.54, 1.807) is 13.1 Å². The van der Waals surface area contributed by atoms with Gasteiger partial charge in [-0.25, -0.2) is 8.42 Å². The summed E-state index contributed by atoms with van der Waals surface area (Å²) in [6.45, 7) is 1.58. The predicted octanol–water partition coefficient (Wildman–Crippen LogP) is 3.13. The molecule has 0 bridgehead atoms. The normalized spacial score (nSPS) is 11.9. The van der Waals surface area contributed by atoms with E-state index in [0.717, 1.165) is 5.56 Å². The lowest BCUT2D eigenvalue weighted by Crippen LogP contribution is -2.03. The summed E-state index contributed by atoms with van der Waals surface area (Å²) in [5.41, 5.74) is 1.36. The lowest BCUT2D eigenvalue weighted by Gasteiger charge is -2.04. The van der Waals surface area contributed by atoms with E-state index in [1.807, 2.05) is 30.3 Å². The highest BCUT2D eigenvalue weighted by Gasteiger charge is 2.13. The van der Waals surface area contributed by atoms with E-state index in [1.165, 1.54) is 18.2 Å². The fraction of sp³-hybridized carbons (Fsp3) is 0.188. The Bertz CT molecular complexity index is 737. The number of hydrogen-bond donors (Lipinski definition) is 1. The van der Waals surface area contributed by atoms with Gasteiger partial charge in [0, 0.05) is 12.6 Å². The molecule has 2 rings (SSSR count). The van der Waals surface area contributed by atoms with Crippen LogP contribution in [-0.2, 0) is 16.3 Å². The van der Waals surface area contributed by atoms with Crippen LogP contribution in [0.4, 0.5) is 5.69 Å². The molecule has 0 fully saturated rings. The van der Waals surface area contributed by atoms with E-state index >= 15 is 0 Å². The second-order valence-corrected chi connectivity index (χ2v) is 6.83. The number of hydrogen-bond acceptors (Lipinski definition) is 4. The highest BCUT2D eigenvalue weighted by atomic mass is 32.2. The lowest BCUT2D eigenvalue weighted by molar-refractivity contribution is 0.476. The Morgan fingerprint density at radius 3 is 2.52 bits per heavy atom. The van der Waals surface area contributed by atoms with Crippen LogP contribution >= 0.6 is 0 Å². The van der Waals surface area contributed by atoms with Crippen molar-refractivity contribution in [2.75, 3.05) is 5.75 Å². The minimum Gasteiger partial charge on any atom is -0.506 e. The van der Waals surface area contributed by atoms with Crippen molar-refractivity contribution in [1.82, 2.24) is 0 Å². The molecule has 5 heteroatoms. The number of sulfone groups is 1. The van der Waals surface area contributed by atoms with Crippen molar-refractivity contribution in [3.8, 4) is 5.75 Å². The molecule has 0 unspecified atom stereocenters. The van der Waals surface area contributed by atoms with Gasteiger partial charge >= 0.3 is 0 Å². The average molecular weight is 303 g/mol. The molecule has 0 amide bonds. The summed E-state index contributed by atoms with van der Waals surface area (Å²) in [5, 5.41) is 9.76. The van der Waals surface area contributed by atoms with Crippen LogP contribution in [0.5, 0.6) is 5.75 Å². The zero-order valence-electron chi connectivity index (χ0n) is 11.7. The summed E-state index contributed by atoms with van der Waals surface area (Å²) >= 11 is 0. The van der Waals surface area contributed by atoms with Gasteiger partial charge in [0.2, 0.25) is 0 Å². The predicted molar refractivity (Wildman–Crippen MR) is 84.1 cm³/mol. The molecule has 1 N–H and O–H groups in total. The van der Waals surface area contributed by atoms with Crippen molar-refractivity contribution in [1.29, 1.82) is 0 Å². The summed E-state index contributed by atoms with van der Waals surface area (Å²) in [7, 11) is -3.30. The van der Waals surface area contributed by atoms with E-state index in [2.05, 4.69) is 4.99 Å². The van der Waals surface area contributed by atoms with Gasteiger partial charge in [0.1, 0.15) is 11.4 Å². The third-order valence-corrected chi connectivity index (χ3v) is 4.82. The number of aliphatic imine (C=N–C) groups is 1. The number of benzene rings is 2. The van der Waals surface area contributed by atoms with Crippen LogP contribution in [0.15, 0.2) is 58.4 Å². The van der Waals surface area contributed by atoms with E-state index in [9.17, 15) is 13.5 Å². The molecule has 21 heavy (non-hydrogen) atoms. The first kappa shape index (κ1) is 15.3. The molecule has 0 aliphatic carbocycles. The highest BCUT2D eigenvalue weighted by Crippen LogP contribution is 2.29. The van der Waals surface area contributed by atoms with Crippen LogP contribution in [0.3, 0.4) is 0 Å². The number of phenolic OH excluding ortho intramolecular Hbond substituents is 1. The first-order valence-corrected chi connectivity index (χ1v) is 8.30. The van der Waals surface area contributed by atoms with Crippen molar-refractivity contribution in [3.63, 3.8) is 0 Å². The molecule has 0 atom stereocenters. The van der Waals surface area contributed by atoms with Gasteiger partial charge in [-0.3, -0.25) is 4.99 Å². The third kappa shape index (κ3) is 3.92. The van der Waals surface area contributed by atoms with Crippen LogP contribution in [0.25, 0.3) is 0 Å². The Labute approximate surface area is 124 Å². The number of rotatable bonds is 5. The van der Waals surface area contributed by atoms with Crippen LogP contribution in [-0.4, -0.2) is 25.5 Å². The van der Waals surface area contributed by atoms with Crippen molar-refractivity contribution >= 4 is 21.7 Å². The summed E-state index contributed by atoms with van der Waals surface area (Å²) in [6, 6.07) is 13.9. The van der Waals surface area contributed by atoms with E-state index in [-0.39, 0.29) is 22.1 Å². The van der Waals surface area contributed by atoms with Crippen LogP contribution in [0.2, 0.25) is 0 Å². The summed E-state index contributed by atoms with van der Waals surface area (Å²) in [5.74, 6) is -0.0142. The molecule has 0 radical (unpaired) electrons. The van der Waals surface area contributed by atoms with Crippen LogP contribution < -0.4 is 0 Å². The number of aromatic hydroxyl groups is 1. The Kier molecular flexibility index (Phi) is 4.75. The molecule has 0 aliphatic heterocycles. The lowest BCUT2D eigenvalue weighted by atomic mass is 10.2. The topological polar surface area (TPSA) is 66.7 Å². The first-order valence-electron chi connectivity index (χ1n) is 6.65. The molecule has 2 aromatic carbocycles. The number of nitrogens with zero attached hydrogens (tertiary/aromatic N) is 1. The first-order chi connectivity index (χ1) is 10.0. The highest BCUT2D eigenvalue weighted by molar-refractivity contribution is 7.91. The van der Waals surface area contributed by atoms with Crippen molar-refractivity contribution in [2.24, 2.45) is 4.99 Å². The Hall–Kier alpha value is -2.14. The van der Waals surface area contributed by atoms with Crippen molar-refractivity contribution < 1.29 is 13.5 Å². The maximum absolute atomic E-state index is 11.8. The van der Waals surface area contributed by atoms with Gasteiger partial charge in [-0.2, -0.15) is 0 Å². The van der Waals surface area contributed by atoms with E-state index in [0.29, 0.717) is 6.42 Å². The fourth-order valence-corrected chi connectivity index (χ4v) is 2.73. The molecule has 0 heterocycles. The summed E-state index contributed by atoms with van der Waals surface area (Å²) < 4.78 is 23.7. The SMILES string of the molecule is CCS(=O)(=O)c1ccc(O)c(N=CCc2ccccc2)c1. The number of phenols is 1. The zero-order chi connectivity index (χ0) is 15.3. The van der Waals surface area contributed by atoms with E-state index < -0.39 is 9.84 Å². The molecule has 0 aliphatic rings. The van der Waals surface area contributed by atoms with Crippen LogP contribution in [0, 0.1) is 0 Å². The van der Waals surface area contributed by atoms with Crippen LogP contribution in [0.1, 0.15) is 12.5 Å². The van der Waals surface area contributed by atoms with Gasteiger partial charge < -0.3 is 5.11 Å². The third-order valence-electron chi connectivity index (χ3n) is 3.09. The smallest absolute Gasteiger partial charge is 0.178 e. The molecule has 0 aromatic heterocycles. The molecular weight excluding hydrogens is 286 g/mol. The quantitative estimate of drug-likeness (QED) is 0.863. The molecule has 0 saturated carbocycles. The Morgan fingerprint density at radius 2 is 1.86 bits per heavy atom. The van der Waals surface area contributed by atoms with Gasteiger partial charge in [0.15, 0.2) is 9.84 Å². The van der Waals surface area contributed by atoms with E-state index in [4.69, 9.17) is 0 Å². The molecular formula is C16H17NO3S. The molecule has 0 saturated heterocycles. The minimum absolute atomic E-state index is 0.0188. The van der Waals surface area contributed by atoms with Gasteiger partial charge in [-0.05, 0) is 23.8 Å². The second-order valence-electron chi connectivity index (χ2n) is 4.56. The molecule has 110 valence electrons. The zero-order valence-corrected chi connectivity index (χ0v) is 12.5. The average Bonchev–Trinajstić information content (AvgIpc) is 2.50. The molecule has 0 spiro atoms. The maximum atomic E-state index is 11.8. The largest absolute Gasteiger partial charge is 0.506 e. The van der Waals surface area contributed by atoms with Gasteiger partial charge in [-0.1, -0.05) is 37.3 Å². The fourth-order valence-electron chi connectivity index (χ4n) is 1.83. The molecule has 2 aromatic rings. The minimum atomic E-state index is -3.30.